The lowest BCUT2D eigenvalue weighted by atomic mass is 9.77. The van der Waals surface area contributed by atoms with Crippen molar-refractivity contribution in [1.29, 1.82) is 0 Å². The van der Waals surface area contributed by atoms with E-state index in [0.29, 0.717) is 18.5 Å². The molecule has 1 amide bonds. The fourth-order valence-electron chi connectivity index (χ4n) is 10.7. The Kier molecular flexibility index (Phi) is 21.2. The van der Waals surface area contributed by atoms with Crippen molar-refractivity contribution in [1.82, 2.24) is 15.1 Å². The molecule has 0 aromatic heterocycles. The summed E-state index contributed by atoms with van der Waals surface area (Å²) in [5, 5.41) is 51.1. The smallest absolute Gasteiger partial charge is 0.311 e. The Hall–Kier alpha value is -2.44. The van der Waals surface area contributed by atoms with Crippen LogP contribution >= 0.6 is 0 Å². The molecule has 3 fully saturated rings. The third kappa shape index (κ3) is 14.9. The number of carbonyl (C=O) groups excluding carboxylic acids is 2. The van der Waals surface area contributed by atoms with Gasteiger partial charge in [0.2, 0.25) is 5.91 Å². The van der Waals surface area contributed by atoms with E-state index in [0.717, 1.165) is 6.26 Å². The number of ether oxygens (including phenoxy) is 6. The fourth-order valence-corrected chi connectivity index (χ4v) is 11.4. The second-order valence-electron chi connectivity index (χ2n) is 21.6. The first-order valence-electron chi connectivity index (χ1n) is 24.9. The average molecular weight is 1020 g/mol. The summed E-state index contributed by atoms with van der Waals surface area (Å²) in [6.45, 7) is 17.2. The van der Waals surface area contributed by atoms with Gasteiger partial charge in [0.05, 0.1) is 58.5 Å². The summed E-state index contributed by atoms with van der Waals surface area (Å²) in [5.74, 6) is -3.31. The van der Waals surface area contributed by atoms with Crippen LogP contribution in [0, 0.1) is 17.8 Å². The van der Waals surface area contributed by atoms with Gasteiger partial charge in [-0.3, -0.25) is 9.59 Å². The van der Waals surface area contributed by atoms with Crippen LogP contribution in [0.2, 0.25) is 0 Å². The Morgan fingerprint density at radius 1 is 1.04 bits per heavy atom. The largest absolute Gasteiger partial charge is 0.459 e. The van der Waals surface area contributed by atoms with Gasteiger partial charge >= 0.3 is 5.97 Å². The van der Waals surface area contributed by atoms with Gasteiger partial charge in [-0.2, -0.15) is 0 Å². The summed E-state index contributed by atoms with van der Waals surface area (Å²) in [7, 11) is 1.72. The first kappa shape index (κ1) is 60.1. The molecule has 7 N–H and O–H groups in total. The molecule has 3 unspecified atom stereocenters. The fraction of sp³-hybridized carbons (Fsp3) is 0.840. The minimum Gasteiger partial charge on any atom is -0.459 e. The van der Waals surface area contributed by atoms with E-state index < -0.39 is 137 Å². The summed E-state index contributed by atoms with van der Waals surface area (Å²) in [4.78, 5) is 31.5. The number of amides is 1. The van der Waals surface area contributed by atoms with E-state index in [1.165, 1.54) is 19.1 Å². The Morgan fingerprint density at radius 2 is 1.67 bits per heavy atom. The molecule has 0 aliphatic carbocycles. The second kappa shape index (κ2) is 24.7. The van der Waals surface area contributed by atoms with Crippen LogP contribution in [-0.2, 0) is 54.3 Å². The molecule has 0 spiro atoms. The zero-order valence-electron chi connectivity index (χ0n) is 44.0. The summed E-state index contributed by atoms with van der Waals surface area (Å²) >= 11 is 0. The summed E-state index contributed by atoms with van der Waals surface area (Å²) in [6, 6.07) is 3.54. The number of rotatable bonds is 15. The highest BCUT2D eigenvalue weighted by Gasteiger charge is 2.52. The van der Waals surface area contributed by atoms with Crippen LogP contribution in [0.1, 0.15) is 107 Å². The number of nitrogens with one attached hydrogen (secondary N) is 1. The number of carbonyl (C=O) groups is 2. The number of halogens is 1. The zero-order chi connectivity index (χ0) is 52.8. The number of aliphatic hydroxyl groups excluding tert-OH is 2. The van der Waals surface area contributed by atoms with Gasteiger partial charge in [0.25, 0.3) is 0 Å². The van der Waals surface area contributed by atoms with Crippen molar-refractivity contribution in [2.75, 3.05) is 47.2 Å². The predicted molar refractivity (Wildman–Crippen MR) is 261 cm³/mol. The number of alkyl halides is 1. The Labute approximate surface area is 416 Å². The first-order valence-corrected chi connectivity index (χ1v) is 26.8. The molecular weight excluding hydrogens is 932 g/mol. The number of sulfone groups is 1. The lowest BCUT2D eigenvalue weighted by Gasteiger charge is -2.49. The van der Waals surface area contributed by atoms with Gasteiger partial charge in [0, 0.05) is 57.3 Å². The molecule has 20 heteroatoms. The standard InChI is InChI=1S/C50H87FN4O14S/c1-15-38-50(10,61)44(58)32(6)55(12)27-28(2)24-48(8,60)45(30(4)42(31(5)46(59)67-38)68-40-25-49(9,64-13)43(52)33(7)66-40)69-47-41(57)37(22-29(3)65-47)54(11)21-20-39(56)53-35(26-51)23-34-16-18-36(19-17-34)70(14,62)63/h16-19,28-33,35,37-38,40-45,47,57-58,60-61H,15,20-27,52H2,1-14H3,(H,53,56)/t28-,29-,30+,31-,32-,33+,35+,37+,38-,40+,41-,42+,43+,44-,45-,47+,48?,49?,50?/m1/s1. The van der Waals surface area contributed by atoms with Crippen molar-refractivity contribution < 1.29 is 71.2 Å². The predicted octanol–water partition coefficient (Wildman–Crippen LogP) is 2.73. The van der Waals surface area contributed by atoms with Crippen molar-refractivity contribution in [3.8, 4) is 0 Å². The van der Waals surface area contributed by atoms with Gasteiger partial charge in [0.1, 0.15) is 30.6 Å². The zero-order valence-corrected chi connectivity index (χ0v) is 44.9. The molecular formula is C50H87FN4O14S. The number of nitrogens with zero attached hydrogens (tertiary/aromatic N) is 2. The lowest BCUT2D eigenvalue weighted by molar-refractivity contribution is -0.311. The third-order valence-corrected chi connectivity index (χ3v) is 16.5. The van der Waals surface area contributed by atoms with E-state index >= 15 is 0 Å². The molecule has 70 heavy (non-hydrogen) atoms. The van der Waals surface area contributed by atoms with E-state index in [4.69, 9.17) is 34.2 Å². The number of benzene rings is 1. The number of hydrogen-bond acceptors (Lipinski definition) is 17. The maximum Gasteiger partial charge on any atom is 0.311 e. The van der Waals surface area contributed by atoms with Crippen LogP contribution in [0.4, 0.5) is 4.39 Å². The highest BCUT2D eigenvalue weighted by Crippen LogP contribution is 2.40. The first-order chi connectivity index (χ1) is 32.4. The quantitative estimate of drug-likeness (QED) is 0.138. The molecule has 3 aliphatic rings. The number of likely N-dealkylation sites (N-methyl/N-ethyl adjacent to an activating group) is 2. The molecule has 0 bridgehead atoms. The molecule has 0 radical (unpaired) electrons. The van der Waals surface area contributed by atoms with Crippen LogP contribution in [-0.4, -0.2) is 194 Å². The van der Waals surface area contributed by atoms with Crippen LogP contribution in [0.25, 0.3) is 0 Å². The Bertz CT molecular complexity index is 1950. The maximum absolute atomic E-state index is 14.5. The minimum absolute atomic E-state index is 0.0312. The summed E-state index contributed by atoms with van der Waals surface area (Å²) < 4.78 is 76.2. The van der Waals surface area contributed by atoms with Gasteiger partial charge in [0.15, 0.2) is 22.4 Å². The normalized spacial score (nSPS) is 40.5. The molecule has 3 heterocycles. The summed E-state index contributed by atoms with van der Waals surface area (Å²) in [5.41, 5.74) is 2.79. The van der Waals surface area contributed by atoms with E-state index in [1.54, 1.807) is 67.8 Å². The van der Waals surface area contributed by atoms with Crippen LogP contribution < -0.4 is 11.1 Å². The van der Waals surface area contributed by atoms with E-state index in [-0.39, 0.29) is 49.5 Å². The minimum atomic E-state index is -3.40. The Morgan fingerprint density at radius 3 is 2.24 bits per heavy atom. The number of hydrogen-bond donors (Lipinski definition) is 6. The van der Waals surface area contributed by atoms with Crippen LogP contribution in [0.15, 0.2) is 29.2 Å². The number of aliphatic hydroxyl groups is 4. The molecule has 4 rings (SSSR count). The number of nitrogens with two attached hydrogens (primary N) is 1. The molecule has 19 atom stereocenters. The van der Waals surface area contributed by atoms with Gasteiger partial charge in [-0.15, -0.1) is 0 Å². The van der Waals surface area contributed by atoms with E-state index in [1.807, 2.05) is 37.6 Å². The molecule has 18 nitrogen and oxygen atoms in total. The molecule has 0 saturated carbocycles. The molecule has 3 aliphatic heterocycles. The second-order valence-corrected chi connectivity index (χ2v) is 23.6. The molecule has 404 valence electrons. The lowest BCUT2D eigenvalue weighted by Crippen LogP contribution is -2.62. The van der Waals surface area contributed by atoms with Crippen molar-refractivity contribution in [2.24, 2.45) is 23.5 Å². The van der Waals surface area contributed by atoms with E-state index in [2.05, 4.69) is 5.32 Å². The number of esters is 1. The van der Waals surface area contributed by atoms with Crippen molar-refractivity contribution in [3.63, 3.8) is 0 Å². The van der Waals surface area contributed by atoms with E-state index in [9.17, 15) is 42.8 Å². The maximum atomic E-state index is 14.5. The SMILES string of the molecule is CC[C@H]1OC(=O)[C@H](C)[C@@H](O[C@H]2CC(C)(OC)[C@@H](N)[C@H](C)O2)[C@H](C)[C@@H](O[C@@H]2O[C@H](C)C[C@H](N(C)CCC(=O)N[C@H](CF)Cc3ccc(S(C)(=O)=O)cc3)[C@H]2O)C(C)(O)C[C@@H](C)CN(C)[C@H](C)[C@@H](O)C1(C)O. The van der Waals surface area contributed by atoms with Crippen molar-refractivity contribution in [2.45, 2.75) is 209 Å². The van der Waals surface area contributed by atoms with Gasteiger partial charge in [-0.05, 0) is 112 Å². The third-order valence-electron chi connectivity index (χ3n) is 15.3. The van der Waals surface area contributed by atoms with Crippen molar-refractivity contribution in [3.05, 3.63) is 29.8 Å². The molecule has 1 aromatic carbocycles. The Balaban J connectivity index is 1.65. The van der Waals surface area contributed by atoms with Crippen molar-refractivity contribution >= 4 is 21.7 Å². The van der Waals surface area contributed by atoms with Gasteiger partial charge < -0.3 is 69.7 Å². The van der Waals surface area contributed by atoms with Gasteiger partial charge in [-0.25, -0.2) is 12.8 Å². The summed E-state index contributed by atoms with van der Waals surface area (Å²) in [6.07, 6.45) is -7.19. The monoisotopic (exact) mass is 1020 g/mol. The number of cyclic esters (lactones) is 1. The molecule has 1 aromatic rings. The van der Waals surface area contributed by atoms with Gasteiger partial charge in [-0.1, -0.05) is 32.9 Å². The van der Waals surface area contributed by atoms with Crippen LogP contribution in [0.5, 0.6) is 0 Å². The topological polar surface area (TPSA) is 249 Å². The number of methoxy groups -OCH3 is 1. The highest BCUT2D eigenvalue weighted by molar-refractivity contribution is 7.90. The van der Waals surface area contributed by atoms with Crippen LogP contribution in [0.3, 0.4) is 0 Å². The average Bonchev–Trinajstić information content (AvgIpc) is 3.28. The molecule has 3 saturated heterocycles. The highest BCUT2D eigenvalue weighted by atomic mass is 32.2.